The van der Waals surface area contributed by atoms with Crippen molar-refractivity contribution in [2.45, 2.75) is 29.2 Å². The first-order chi connectivity index (χ1) is 8.72. The van der Waals surface area contributed by atoms with E-state index in [1.807, 2.05) is 12.3 Å². The zero-order valence-electron chi connectivity index (χ0n) is 9.62. The number of hydrogen-bond acceptors (Lipinski definition) is 2. The van der Waals surface area contributed by atoms with Crippen LogP contribution in [0.3, 0.4) is 0 Å². The molecule has 18 heavy (non-hydrogen) atoms. The Bertz CT molecular complexity index is 598. The Morgan fingerprint density at radius 1 is 1.06 bits per heavy atom. The average molecular weight is 385 g/mol. The molecule has 0 saturated heterocycles. The van der Waals surface area contributed by atoms with Gasteiger partial charge in [0.2, 0.25) is 0 Å². The van der Waals surface area contributed by atoms with E-state index >= 15 is 0 Å². The maximum Gasteiger partial charge on any atom is 0.115 e. The second-order valence-electron chi connectivity index (χ2n) is 4.33. The van der Waals surface area contributed by atoms with Crippen LogP contribution in [0.25, 0.3) is 0 Å². The van der Waals surface area contributed by atoms with Crippen molar-refractivity contribution in [1.29, 1.82) is 0 Å². The maximum atomic E-state index is 4.44. The SMILES string of the molecule is Brc1cnc(Sc2ccc3c(c2)CCC3)c(Br)c1. The third-order valence-corrected chi connectivity index (χ3v) is 5.37. The Balaban J connectivity index is 1.88. The van der Waals surface area contributed by atoms with E-state index in [0.717, 1.165) is 14.0 Å². The van der Waals surface area contributed by atoms with Crippen molar-refractivity contribution in [2.75, 3.05) is 0 Å². The van der Waals surface area contributed by atoms with Gasteiger partial charge in [0.05, 0.1) is 4.47 Å². The van der Waals surface area contributed by atoms with Gasteiger partial charge in [-0.25, -0.2) is 4.98 Å². The third kappa shape index (κ3) is 2.65. The van der Waals surface area contributed by atoms with Crippen molar-refractivity contribution in [2.24, 2.45) is 0 Å². The van der Waals surface area contributed by atoms with Crippen molar-refractivity contribution in [3.8, 4) is 0 Å². The van der Waals surface area contributed by atoms with Crippen molar-refractivity contribution >= 4 is 43.6 Å². The number of nitrogens with zero attached hydrogens (tertiary/aromatic N) is 1. The summed E-state index contributed by atoms with van der Waals surface area (Å²) in [6, 6.07) is 8.80. The molecular formula is C14H11Br2NS. The smallest absolute Gasteiger partial charge is 0.115 e. The van der Waals surface area contributed by atoms with E-state index in [0.29, 0.717) is 0 Å². The molecule has 0 unspecified atom stereocenters. The first-order valence-electron chi connectivity index (χ1n) is 5.83. The summed E-state index contributed by atoms with van der Waals surface area (Å²) in [5.41, 5.74) is 3.02. The molecule has 0 aliphatic heterocycles. The summed E-state index contributed by atoms with van der Waals surface area (Å²) in [6.45, 7) is 0. The highest BCUT2D eigenvalue weighted by Crippen LogP contribution is 2.35. The molecule has 4 heteroatoms. The number of benzene rings is 1. The monoisotopic (exact) mass is 383 g/mol. The number of hydrogen-bond donors (Lipinski definition) is 0. The van der Waals surface area contributed by atoms with Crippen LogP contribution in [-0.4, -0.2) is 4.98 Å². The molecule has 0 amide bonds. The third-order valence-electron chi connectivity index (χ3n) is 3.06. The molecule has 1 heterocycles. The molecule has 0 radical (unpaired) electrons. The molecule has 1 aromatic heterocycles. The van der Waals surface area contributed by atoms with Crippen LogP contribution in [-0.2, 0) is 12.8 Å². The van der Waals surface area contributed by atoms with Crippen LogP contribution in [0.2, 0.25) is 0 Å². The van der Waals surface area contributed by atoms with Gasteiger partial charge >= 0.3 is 0 Å². The van der Waals surface area contributed by atoms with E-state index in [1.54, 1.807) is 11.8 Å². The van der Waals surface area contributed by atoms with Crippen LogP contribution in [0, 0.1) is 0 Å². The van der Waals surface area contributed by atoms with Gasteiger partial charge < -0.3 is 0 Å². The summed E-state index contributed by atoms with van der Waals surface area (Å²) in [4.78, 5) is 5.71. The fraction of sp³-hybridized carbons (Fsp3) is 0.214. The highest BCUT2D eigenvalue weighted by molar-refractivity contribution is 9.11. The van der Waals surface area contributed by atoms with Crippen LogP contribution in [0.1, 0.15) is 17.5 Å². The van der Waals surface area contributed by atoms with Gasteiger partial charge in [-0.3, -0.25) is 0 Å². The number of aromatic nitrogens is 1. The minimum atomic E-state index is 0.993. The summed E-state index contributed by atoms with van der Waals surface area (Å²) in [5.74, 6) is 0. The molecule has 0 saturated carbocycles. The molecule has 2 aromatic rings. The first kappa shape index (κ1) is 12.7. The Morgan fingerprint density at radius 2 is 1.89 bits per heavy atom. The van der Waals surface area contributed by atoms with Gasteiger partial charge in [-0.15, -0.1) is 0 Å². The molecular weight excluding hydrogens is 374 g/mol. The fourth-order valence-electron chi connectivity index (χ4n) is 2.20. The van der Waals surface area contributed by atoms with E-state index in [4.69, 9.17) is 0 Å². The van der Waals surface area contributed by atoms with Gasteiger partial charge in [-0.2, -0.15) is 0 Å². The van der Waals surface area contributed by atoms with Gasteiger partial charge in [-0.1, -0.05) is 17.8 Å². The minimum Gasteiger partial charge on any atom is -0.247 e. The molecule has 0 atom stereocenters. The highest BCUT2D eigenvalue weighted by atomic mass is 79.9. The van der Waals surface area contributed by atoms with Crippen molar-refractivity contribution in [3.63, 3.8) is 0 Å². The molecule has 1 nitrogen and oxygen atoms in total. The van der Waals surface area contributed by atoms with E-state index < -0.39 is 0 Å². The van der Waals surface area contributed by atoms with Gasteiger partial charge in [-0.05, 0) is 80.4 Å². The van der Waals surface area contributed by atoms with Gasteiger partial charge in [0.15, 0.2) is 0 Å². The molecule has 92 valence electrons. The van der Waals surface area contributed by atoms with E-state index in [1.165, 1.54) is 35.3 Å². The molecule has 0 bridgehead atoms. The lowest BCUT2D eigenvalue weighted by molar-refractivity contribution is 0.911. The topological polar surface area (TPSA) is 12.9 Å². The lowest BCUT2D eigenvalue weighted by Crippen LogP contribution is -1.85. The highest BCUT2D eigenvalue weighted by Gasteiger charge is 2.12. The normalized spacial score (nSPS) is 13.7. The summed E-state index contributed by atoms with van der Waals surface area (Å²) < 4.78 is 2.02. The predicted octanol–water partition coefficient (Wildman–Crippen LogP) is 5.25. The molecule has 0 N–H and O–H groups in total. The number of rotatable bonds is 2. The zero-order valence-corrected chi connectivity index (χ0v) is 13.6. The van der Waals surface area contributed by atoms with Gasteiger partial charge in [0, 0.05) is 15.6 Å². The van der Waals surface area contributed by atoms with Crippen LogP contribution in [0.15, 0.2) is 49.3 Å². The van der Waals surface area contributed by atoms with E-state index in [9.17, 15) is 0 Å². The number of halogens is 2. The van der Waals surface area contributed by atoms with E-state index in [-0.39, 0.29) is 0 Å². The molecule has 0 spiro atoms. The molecule has 0 fully saturated rings. The summed E-state index contributed by atoms with van der Waals surface area (Å²) in [7, 11) is 0. The predicted molar refractivity (Wildman–Crippen MR) is 82.2 cm³/mol. The average Bonchev–Trinajstić information content (AvgIpc) is 2.80. The summed E-state index contributed by atoms with van der Waals surface area (Å²) >= 11 is 8.68. The zero-order chi connectivity index (χ0) is 12.5. The Kier molecular flexibility index (Phi) is 3.78. The van der Waals surface area contributed by atoms with Crippen molar-refractivity contribution in [1.82, 2.24) is 4.98 Å². The number of pyridine rings is 1. The second-order valence-corrected chi connectivity index (χ2v) is 7.16. The van der Waals surface area contributed by atoms with Crippen LogP contribution in [0.4, 0.5) is 0 Å². The lowest BCUT2D eigenvalue weighted by atomic mass is 10.1. The fourth-order valence-corrected chi connectivity index (χ4v) is 4.25. The van der Waals surface area contributed by atoms with Crippen LogP contribution < -0.4 is 0 Å². The molecule has 1 aliphatic carbocycles. The standard InChI is InChI=1S/C14H11Br2NS/c15-11-7-13(16)14(17-8-11)18-12-5-4-9-2-1-3-10(9)6-12/h4-8H,1-3H2. The molecule has 1 aromatic carbocycles. The molecule has 1 aliphatic rings. The van der Waals surface area contributed by atoms with Crippen molar-refractivity contribution in [3.05, 3.63) is 50.5 Å². The first-order valence-corrected chi connectivity index (χ1v) is 8.23. The Morgan fingerprint density at radius 3 is 2.72 bits per heavy atom. The van der Waals surface area contributed by atoms with Gasteiger partial charge in [0.25, 0.3) is 0 Å². The van der Waals surface area contributed by atoms with E-state index in [2.05, 4.69) is 55.0 Å². The quantitative estimate of drug-likeness (QED) is 0.701. The maximum absolute atomic E-state index is 4.44. The van der Waals surface area contributed by atoms with Crippen LogP contribution >= 0.6 is 43.6 Å². The summed E-state index contributed by atoms with van der Waals surface area (Å²) in [5, 5.41) is 1.01. The Labute approximate surface area is 128 Å². The Hall–Kier alpha value is -0.320. The summed E-state index contributed by atoms with van der Waals surface area (Å²) in [6.07, 6.45) is 5.59. The second kappa shape index (κ2) is 5.35. The largest absolute Gasteiger partial charge is 0.247 e. The van der Waals surface area contributed by atoms with Gasteiger partial charge in [0.1, 0.15) is 5.03 Å². The van der Waals surface area contributed by atoms with Crippen LogP contribution in [0.5, 0.6) is 0 Å². The molecule has 3 rings (SSSR count). The van der Waals surface area contributed by atoms with Crippen molar-refractivity contribution < 1.29 is 0 Å². The number of aryl methyl sites for hydroxylation is 2. The number of fused-ring (bicyclic) bond motifs is 1. The lowest BCUT2D eigenvalue weighted by Gasteiger charge is -2.06. The minimum absolute atomic E-state index is 0.993.